The fraction of sp³-hybridized carbons (Fsp3) is 0.588. The van der Waals surface area contributed by atoms with E-state index in [1.807, 2.05) is 0 Å². The first kappa shape index (κ1) is 16.0. The Kier molecular flexibility index (Phi) is 6.21. The molecule has 2 rings (SSSR count). The van der Waals surface area contributed by atoms with Gasteiger partial charge in [0.15, 0.2) is 0 Å². The quantitative estimate of drug-likeness (QED) is 0.697. The third kappa shape index (κ3) is 4.83. The van der Waals surface area contributed by atoms with Gasteiger partial charge in [-0.2, -0.15) is 0 Å². The lowest BCUT2D eigenvalue weighted by Crippen LogP contribution is -2.27. The van der Waals surface area contributed by atoms with Gasteiger partial charge in [-0.3, -0.25) is 0 Å². The van der Waals surface area contributed by atoms with Gasteiger partial charge in [0, 0.05) is 13.0 Å². The van der Waals surface area contributed by atoms with Crippen LogP contribution in [0.5, 0.6) is 0 Å². The molecule has 0 amide bonds. The van der Waals surface area contributed by atoms with Crippen molar-refractivity contribution in [2.24, 2.45) is 0 Å². The van der Waals surface area contributed by atoms with Crippen LogP contribution in [-0.4, -0.2) is 47.6 Å². The molecule has 0 aliphatic rings. The predicted octanol–water partition coefficient (Wildman–Crippen LogP) is 2.74. The van der Waals surface area contributed by atoms with Crippen LogP contribution in [0.3, 0.4) is 0 Å². The lowest BCUT2D eigenvalue weighted by Gasteiger charge is -2.17. The molecule has 21 heavy (non-hydrogen) atoms. The van der Waals surface area contributed by atoms with E-state index in [2.05, 4.69) is 59.2 Å². The third-order valence-corrected chi connectivity index (χ3v) is 3.95. The highest BCUT2D eigenvalue weighted by molar-refractivity contribution is 5.75. The molecule has 2 aromatic rings. The zero-order valence-electron chi connectivity index (χ0n) is 13.6. The molecule has 0 fully saturated rings. The molecule has 0 saturated heterocycles. The van der Waals surface area contributed by atoms with Crippen molar-refractivity contribution in [3.63, 3.8) is 0 Å². The van der Waals surface area contributed by atoms with Crippen LogP contribution in [0.2, 0.25) is 0 Å². The van der Waals surface area contributed by atoms with Gasteiger partial charge in [0.05, 0.1) is 11.0 Å². The van der Waals surface area contributed by atoms with Crippen molar-refractivity contribution in [3.8, 4) is 0 Å². The summed E-state index contributed by atoms with van der Waals surface area (Å²) in [6, 6.07) is 6.35. The van der Waals surface area contributed by atoms with Crippen molar-refractivity contribution in [3.05, 3.63) is 29.6 Å². The van der Waals surface area contributed by atoms with Crippen LogP contribution in [0.15, 0.2) is 18.2 Å². The van der Waals surface area contributed by atoms with Crippen LogP contribution >= 0.6 is 0 Å². The Morgan fingerprint density at radius 3 is 2.76 bits per heavy atom. The highest BCUT2D eigenvalue weighted by atomic mass is 15.1. The number of imidazole rings is 1. The summed E-state index contributed by atoms with van der Waals surface area (Å²) < 4.78 is 0. The number of H-pyrrole nitrogens is 1. The molecule has 0 bridgehead atoms. The van der Waals surface area contributed by atoms with Crippen molar-refractivity contribution >= 4 is 11.0 Å². The maximum Gasteiger partial charge on any atom is 0.108 e. The summed E-state index contributed by atoms with van der Waals surface area (Å²) in [5, 5.41) is 3.51. The van der Waals surface area contributed by atoms with Gasteiger partial charge in [-0.15, -0.1) is 0 Å². The van der Waals surface area contributed by atoms with E-state index in [-0.39, 0.29) is 0 Å². The Labute approximate surface area is 128 Å². The molecule has 4 heteroatoms. The first-order valence-electron chi connectivity index (χ1n) is 8.11. The number of nitrogens with one attached hydrogen (secondary N) is 2. The molecule has 0 unspecified atom stereocenters. The highest BCUT2D eigenvalue weighted by Crippen LogP contribution is 2.13. The molecule has 1 aromatic carbocycles. The second kappa shape index (κ2) is 8.15. The van der Waals surface area contributed by atoms with E-state index in [4.69, 9.17) is 0 Å². The third-order valence-electron chi connectivity index (χ3n) is 3.95. The van der Waals surface area contributed by atoms with Gasteiger partial charge in [0.1, 0.15) is 5.82 Å². The summed E-state index contributed by atoms with van der Waals surface area (Å²) >= 11 is 0. The first-order chi connectivity index (χ1) is 10.2. The molecule has 0 radical (unpaired) electrons. The average Bonchev–Trinajstić information content (AvgIpc) is 2.88. The minimum Gasteiger partial charge on any atom is -0.342 e. The fourth-order valence-corrected chi connectivity index (χ4v) is 2.59. The second-order valence-electron chi connectivity index (χ2n) is 5.58. The minimum absolute atomic E-state index is 0.957. The Morgan fingerprint density at radius 1 is 1.19 bits per heavy atom. The Morgan fingerprint density at radius 2 is 2.00 bits per heavy atom. The van der Waals surface area contributed by atoms with E-state index in [0.717, 1.165) is 49.5 Å². The number of hydrogen-bond acceptors (Lipinski definition) is 3. The number of benzene rings is 1. The number of aromatic amines is 1. The maximum atomic E-state index is 4.62. The average molecular weight is 288 g/mol. The molecular formula is C17H28N4. The van der Waals surface area contributed by atoms with Crippen LogP contribution in [0.25, 0.3) is 11.0 Å². The molecule has 0 aliphatic carbocycles. The van der Waals surface area contributed by atoms with E-state index in [0.29, 0.717) is 0 Å². The Balaban J connectivity index is 1.68. The molecule has 2 N–H and O–H groups in total. The first-order valence-corrected chi connectivity index (χ1v) is 8.11. The topological polar surface area (TPSA) is 44.0 Å². The van der Waals surface area contributed by atoms with Crippen LogP contribution in [-0.2, 0) is 6.42 Å². The summed E-state index contributed by atoms with van der Waals surface area (Å²) in [4.78, 5) is 10.5. The summed E-state index contributed by atoms with van der Waals surface area (Å²) in [6.07, 6.45) is 2.17. The van der Waals surface area contributed by atoms with Crippen molar-refractivity contribution in [1.82, 2.24) is 20.2 Å². The van der Waals surface area contributed by atoms with Gasteiger partial charge in [-0.05, 0) is 57.2 Å². The van der Waals surface area contributed by atoms with Crippen LogP contribution in [0, 0.1) is 6.92 Å². The summed E-state index contributed by atoms with van der Waals surface area (Å²) in [5.41, 5.74) is 3.48. The van der Waals surface area contributed by atoms with Crippen molar-refractivity contribution in [1.29, 1.82) is 0 Å². The lowest BCUT2D eigenvalue weighted by atomic mass is 10.2. The Hall–Kier alpha value is -1.39. The van der Waals surface area contributed by atoms with Gasteiger partial charge in [0.25, 0.3) is 0 Å². The largest absolute Gasteiger partial charge is 0.342 e. The molecular weight excluding hydrogens is 260 g/mol. The number of fused-ring (bicyclic) bond motifs is 1. The monoisotopic (exact) mass is 288 g/mol. The molecule has 116 valence electrons. The van der Waals surface area contributed by atoms with E-state index in [1.54, 1.807) is 0 Å². The second-order valence-corrected chi connectivity index (χ2v) is 5.58. The number of rotatable bonds is 9. The number of aromatic nitrogens is 2. The molecule has 1 aromatic heterocycles. The predicted molar refractivity (Wildman–Crippen MR) is 89.8 cm³/mol. The van der Waals surface area contributed by atoms with Gasteiger partial charge in [-0.1, -0.05) is 19.9 Å². The van der Waals surface area contributed by atoms with E-state index >= 15 is 0 Å². The van der Waals surface area contributed by atoms with Crippen molar-refractivity contribution < 1.29 is 0 Å². The van der Waals surface area contributed by atoms with Crippen molar-refractivity contribution in [2.75, 3.05) is 32.7 Å². The molecule has 0 atom stereocenters. The van der Waals surface area contributed by atoms with Crippen LogP contribution in [0.4, 0.5) is 0 Å². The van der Waals surface area contributed by atoms with E-state index in [9.17, 15) is 0 Å². The van der Waals surface area contributed by atoms with E-state index in [1.165, 1.54) is 18.5 Å². The van der Waals surface area contributed by atoms with Crippen LogP contribution < -0.4 is 5.32 Å². The summed E-state index contributed by atoms with van der Waals surface area (Å²) in [5.74, 6) is 1.08. The fourth-order valence-electron chi connectivity index (χ4n) is 2.59. The standard InChI is InChI=1S/C17H28N4/c1-4-21(5-2)12-6-10-18-11-9-17-19-15-8-7-14(3)13-16(15)20-17/h7-8,13,18H,4-6,9-12H2,1-3H3,(H,19,20). The normalized spacial score (nSPS) is 11.6. The highest BCUT2D eigenvalue weighted by Gasteiger charge is 2.02. The van der Waals surface area contributed by atoms with Gasteiger partial charge >= 0.3 is 0 Å². The molecule has 0 spiro atoms. The summed E-state index contributed by atoms with van der Waals surface area (Å²) in [7, 11) is 0. The van der Waals surface area contributed by atoms with Gasteiger partial charge in [-0.25, -0.2) is 4.98 Å². The molecule has 0 saturated carbocycles. The zero-order valence-corrected chi connectivity index (χ0v) is 13.6. The number of aryl methyl sites for hydroxylation is 1. The van der Waals surface area contributed by atoms with Crippen molar-refractivity contribution in [2.45, 2.75) is 33.6 Å². The number of nitrogens with zero attached hydrogens (tertiary/aromatic N) is 2. The molecule has 4 nitrogen and oxygen atoms in total. The van der Waals surface area contributed by atoms with Gasteiger partial charge in [0.2, 0.25) is 0 Å². The minimum atomic E-state index is 0.957. The summed E-state index contributed by atoms with van der Waals surface area (Å²) in [6.45, 7) is 12.1. The molecule has 1 heterocycles. The zero-order chi connectivity index (χ0) is 15.1. The number of hydrogen-bond donors (Lipinski definition) is 2. The van der Waals surface area contributed by atoms with E-state index < -0.39 is 0 Å². The Bertz CT molecular complexity index is 543. The lowest BCUT2D eigenvalue weighted by molar-refractivity contribution is 0.298. The van der Waals surface area contributed by atoms with Crippen LogP contribution in [0.1, 0.15) is 31.7 Å². The maximum absolute atomic E-state index is 4.62. The van der Waals surface area contributed by atoms with Gasteiger partial charge < -0.3 is 15.2 Å². The smallest absolute Gasteiger partial charge is 0.108 e. The molecule has 0 aliphatic heterocycles. The SMILES string of the molecule is CCN(CC)CCCNCCc1nc2ccc(C)cc2[nH]1.